The third kappa shape index (κ3) is 3.05. The van der Waals surface area contributed by atoms with Crippen LogP contribution >= 0.6 is 0 Å². The third-order valence-corrected chi connectivity index (χ3v) is 3.64. The van der Waals surface area contributed by atoms with E-state index in [0.29, 0.717) is 11.1 Å². The van der Waals surface area contributed by atoms with Gasteiger partial charge in [0.2, 0.25) is 0 Å². The number of hydrogen-bond donors (Lipinski definition) is 2. The van der Waals surface area contributed by atoms with Gasteiger partial charge in [-0.25, -0.2) is 0 Å². The number of ether oxygens (including phenoxy) is 1. The summed E-state index contributed by atoms with van der Waals surface area (Å²) in [7, 11) is 1.39. The van der Waals surface area contributed by atoms with Gasteiger partial charge < -0.3 is 15.2 Å². The summed E-state index contributed by atoms with van der Waals surface area (Å²) in [6.45, 7) is 0. The molecule has 0 bridgehead atoms. The summed E-state index contributed by atoms with van der Waals surface area (Å²) in [4.78, 5) is 27.1. The van der Waals surface area contributed by atoms with Crippen molar-refractivity contribution in [2.24, 2.45) is 0 Å². The molecule has 1 aromatic heterocycles. The van der Waals surface area contributed by atoms with Crippen molar-refractivity contribution in [3.8, 4) is 11.5 Å². The Balaban J connectivity index is 1.98. The lowest BCUT2D eigenvalue weighted by Gasteiger charge is -2.09. The van der Waals surface area contributed by atoms with Gasteiger partial charge in [-0.15, -0.1) is 0 Å². The number of nitrogens with one attached hydrogen (secondary N) is 1. The van der Waals surface area contributed by atoms with Crippen molar-refractivity contribution in [2.75, 3.05) is 12.4 Å². The maximum absolute atomic E-state index is 12.5. The van der Waals surface area contributed by atoms with E-state index in [2.05, 4.69) is 10.3 Å². The molecule has 3 rings (SSSR count). The van der Waals surface area contributed by atoms with E-state index in [-0.39, 0.29) is 28.2 Å². The number of fused-ring (bicyclic) bond motifs is 1. The van der Waals surface area contributed by atoms with Crippen molar-refractivity contribution in [3.63, 3.8) is 0 Å². The molecular formula is C17H13N3O5. The van der Waals surface area contributed by atoms with E-state index in [0.717, 1.165) is 0 Å². The number of pyridine rings is 1. The van der Waals surface area contributed by atoms with Crippen molar-refractivity contribution < 1.29 is 19.6 Å². The minimum atomic E-state index is -0.682. The van der Waals surface area contributed by atoms with Crippen molar-refractivity contribution in [1.29, 1.82) is 0 Å². The molecule has 1 amide bonds. The fourth-order valence-corrected chi connectivity index (χ4v) is 2.40. The monoisotopic (exact) mass is 339 g/mol. The highest BCUT2D eigenvalue weighted by Gasteiger charge is 2.20. The number of phenolic OH excluding ortho intramolecular Hbond substituents is 1. The Labute approximate surface area is 141 Å². The Morgan fingerprint density at radius 2 is 2.08 bits per heavy atom. The number of carbonyl (C=O) groups is 1. The van der Waals surface area contributed by atoms with E-state index in [1.807, 2.05) is 0 Å². The number of nitrogens with zero attached hydrogens (tertiary/aromatic N) is 2. The maximum Gasteiger partial charge on any atom is 0.296 e. The zero-order chi connectivity index (χ0) is 18.0. The lowest BCUT2D eigenvalue weighted by atomic mass is 10.1. The summed E-state index contributed by atoms with van der Waals surface area (Å²) in [5.74, 6) is -0.674. The molecule has 8 nitrogen and oxygen atoms in total. The highest BCUT2D eigenvalue weighted by molar-refractivity contribution is 6.10. The van der Waals surface area contributed by atoms with Crippen molar-refractivity contribution in [2.45, 2.75) is 0 Å². The highest BCUT2D eigenvalue weighted by atomic mass is 16.6. The predicted octanol–water partition coefficient (Wildman–Crippen LogP) is 3.11. The molecule has 0 fully saturated rings. The van der Waals surface area contributed by atoms with Gasteiger partial charge in [-0.05, 0) is 24.3 Å². The van der Waals surface area contributed by atoms with Gasteiger partial charge >= 0.3 is 0 Å². The number of amides is 1. The van der Waals surface area contributed by atoms with Crippen LogP contribution in [0.1, 0.15) is 10.4 Å². The van der Waals surface area contributed by atoms with E-state index >= 15 is 0 Å². The minimum absolute atomic E-state index is 0.00341. The summed E-state index contributed by atoms with van der Waals surface area (Å²) in [5.41, 5.74) is -0.0712. The molecule has 0 unspecified atom stereocenters. The molecule has 0 radical (unpaired) electrons. The van der Waals surface area contributed by atoms with E-state index in [9.17, 15) is 20.0 Å². The molecule has 0 aliphatic carbocycles. The van der Waals surface area contributed by atoms with Gasteiger partial charge in [0.25, 0.3) is 11.6 Å². The number of rotatable bonds is 4. The second kappa shape index (κ2) is 6.44. The largest absolute Gasteiger partial charge is 0.505 e. The Hall–Kier alpha value is -3.68. The van der Waals surface area contributed by atoms with E-state index in [4.69, 9.17) is 4.74 Å². The van der Waals surface area contributed by atoms with Crippen molar-refractivity contribution in [3.05, 3.63) is 64.3 Å². The number of anilines is 1. The Morgan fingerprint density at radius 1 is 1.28 bits per heavy atom. The van der Waals surface area contributed by atoms with E-state index in [1.165, 1.54) is 37.6 Å². The van der Waals surface area contributed by atoms with Crippen LogP contribution < -0.4 is 10.1 Å². The normalized spacial score (nSPS) is 10.4. The van der Waals surface area contributed by atoms with Gasteiger partial charge in [0, 0.05) is 11.6 Å². The molecule has 0 aliphatic heterocycles. The zero-order valence-electron chi connectivity index (χ0n) is 13.1. The molecule has 2 aromatic carbocycles. The van der Waals surface area contributed by atoms with Crippen LogP contribution in [0.3, 0.4) is 0 Å². The predicted molar refractivity (Wildman–Crippen MR) is 91.0 cm³/mol. The highest BCUT2D eigenvalue weighted by Crippen LogP contribution is 2.31. The van der Waals surface area contributed by atoms with Crippen LogP contribution in [0.2, 0.25) is 0 Å². The number of phenols is 1. The summed E-state index contributed by atoms with van der Waals surface area (Å²) >= 11 is 0. The van der Waals surface area contributed by atoms with Crippen LogP contribution in [-0.2, 0) is 0 Å². The Morgan fingerprint density at radius 3 is 2.80 bits per heavy atom. The molecule has 2 N–H and O–H groups in total. The Kier molecular flexibility index (Phi) is 4.17. The van der Waals surface area contributed by atoms with Crippen LogP contribution in [0.4, 0.5) is 11.4 Å². The standard InChI is InChI=1S/C17H13N3O5/c1-25-11-5-7-13(14(9-11)20(23)24)19-17(22)12-6-4-10-3-2-8-18-15(10)16(12)21/h2-9,21H,1H3,(H,19,22). The van der Waals surface area contributed by atoms with Crippen LogP contribution in [0, 0.1) is 10.1 Å². The second-order valence-electron chi connectivity index (χ2n) is 5.13. The van der Waals surface area contributed by atoms with Gasteiger partial charge in [0.1, 0.15) is 17.0 Å². The summed E-state index contributed by atoms with van der Waals surface area (Å²) < 4.78 is 4.95. The lowest BCUT2D eigenvalue weighted by Crippen LogP contribution is -2.13. The number of nitro benzene ring substituents is 1. The minimum Gasteiger partial charge on any atom is -0.505 e. The first-order chi connectivity index (χ1) is 12.0. The summed E-state index contributed by atoms with van der Waals surface area (Å²) in [5, 5.41) is 24.6. The van der Waals surface area contributed by atoms with Crippen LogP contribution in [0.25, 0.3) is 10.9 Å². The molecule has 0 saturated heterocycles. The number of aromatic hydroxyl groups is 1. The van der Waals surface area contributed by atoms with Gasteiger partial charge in [-0.2, -0.15) is 0 Å². The second-order valence-corrected chi connectivity index (χ2v) is 5.13. The van der Waals surface area contributed by atoms with Gasteiger partial charge in [0.15, 0.2) is 5.75 Å². The smallest absolute Gasteiger partial charge is 0.296 e. The van der Waals surface area contributed by atoms with Gasteiger partial charge in [0.05, 0.1) is 23.7 Å². The fraction of sp³-hybridized carbons (Fsp3) is 0.0588. The zero-order valence-corrected chi connectivity index (χ0v) is 13.1. The first kappa shape index (κ1) is 16.2. The number of nitro groups is 1. The molecule has 126 valence electrons. The number of hydrogen-bond acceptors (Lipinski definition) is 6. The van der Waals surface area contributed by atoms with E-state index < -0.39 is 10.8 Å². The quantitative estimate of drug-likeness (QED) is 0.557. The number of aromatic nitrogens is 1. The first-order valence-electron chi connectivity index (χ1n) is 7.21. The summed E-state index contributed by atoms with van der Waals surface area (Å²) in [6, 6.07) is 10.6. The lowest BCUT2D eigenvalue weighted by molar-refractivity contribution is -0.384. The average Bonchev–Trinajstić information content (AvgIpc) is 2.62. The summed E-state index contributed by atoms with van der Waals surface area (Å²) in [6.07, 6.45) is 1.50. The molecule has 0 atom stereocenters. The van der Waals surface area contributed by atoms with E-state index in [1.54, 1.807) is 18.2 Å². The van der Waals surface area contributed by atoms with Gasteiger partial charge in [-0.3, -0.25) is 19.9 Å². The van der Waals surface area contributed by atoms with Crippen molar-refractivity contribution in [1.82, 2.24) is 4.98 Å². The van der Waals surface area contributed by atoms with Gasteiger partial charge in [-0.1, -0.05) is 12.1 Å². The van der Waals surface area contributed by atoms with Crippen LogP contribution in [0.15, 0.2) is 48.7 Å². The fourth-order valence-electron chi connectivity index (χ4n) is 2.40. The molecular weight excluding hydrogens is 326 g/mol. The molecule has 1 heterocycles. The first-order valence-corrected chi connectivity index (χ1v) is 7.21. The van der Waals surface area contributed by atoms with Crippen molar-refractivity contribution >= 4 is 28.2 Å². The number of carbonyl (C=O) groups excluding carboxylic acids is 1. The van der Waals surface area contributed by atoms with Crippen LogP contribution in [-0.4, -0.2) is 28.0 Å². The molecule has 3 aromatic rings. The molecule has 25 heavy (non-hydrogen) atoms. The molecule has 8 heteroatoms. The van der Waals surface area contributed by atoms with Crippen LogP contribution in [0.5, 0.6) is 11.5 Å². The molecule has 0 aliphatic rings. The molecule has 0 spiro atoms. The number of methoxy groups -OCH3 is 1. The SMILES string of the molecule is COc1ccc(NC(=O)c2ccc3cccnc3c2O)c([N+](=O)[O-])c1. The average molecular weight is 339 g/mol. The number of benzene rings is 2. The maximum atomic E-state index is 12.5. The molecule has 0 saturated carbocycles. The topological polar surface area (TPSA) is 115 Å². The third-order valence-electron chi connectivity index (χ3n) is 3.64. The Bertz CT molecular complexity index is 987.